The number of carbonyl (C=O) groups is 2. The molecule has 0 radical (unpaired) electrons. The molecule has 0 fully saturated rings. The number of rotatable bonds is 8. The average molecular weight is 387 g/mol. The molecule has 0 atom stereocenters. The monoisotopic (exact) mass is 386 g/mol. The number of hydrogen-bond acceptors (Lipinski definition) is 2. The van der Waals surface area contributed by atoms with Gasteiger partial charge in [0.1, 0.15) is 0 Å². The molecular formula is C22H27ClN2O2. The van der Waals surface area contributed by atoms with Crippen LogP contribution in [0.25, 0.3) is 0 Å². The van der Waals surface area contributed by atoms with Crippen molar-refractivity contribution in [2.24, 2.45) is 0 Å². The zero-order valence-electron chi connectivity index (χ0n) is 16.2. The summed E-state index contributed by atoms with van der Waals surface area (Å²) in [5, 5.41) is 0.664. The maximum absolute atomic E-state index is 12.8. The van der Waals surface area contributed by atoms with Gasteiger partial charge < -0.3 is 9.80 Å². The highest BCUT2D eigenvalue weighted by Gasteiger charge is 2.19. The van der Waals surface area contributed by atoms with Crippen LogP contribution in [0.15, 0.2) is 54.6 Å². The van der Waals surface area contributed by atoms with Crippen molar-refractivity contribution in [3.8, 4) is 0 Å². The van der Waals surface area contributed by atoms with Crippen molar-refractivity contribution < 1.29 is 9.59 Å². The first kappa shape index (κ1) is 21.0. The smallest absolute Gasteiger partial charge is 0.224 e. The van der Waals surface area contributed by atoms with Crippen LogP contribution in [0.5, 0.6) is 0 Å². The molecule has 144 valence electrons. The standard InChI is InChI=1S/C22H27ClN2O2/c1-17(2)25(16-19-7-5-4-6-8-19)22(27)13-14-24(18(3)26)15-20-9-11-21(23)12-10-20/h4-12,17H,13-16H2,1-3H3. The molecule has 2 rings (SSSR count). The first-order valence-corrected chi connectivity index (χ1v) is 9.58. The molecule has 2 aromatic carbocycles. The van der Waals surface area contributed by atoms with Crippen LogP contribution in [0.1, 0.15) is 38.3 Å². The van der Waals surface area contributed by atoms with Crippen LogP contribution in [0.2, 0.25) is 5.02 Å². The topological polar surface area (TPSA) is 40.6 Å². The van der Waals surface area contributed by atoms with E-state index in [0.717, 1.165) is 11.1 Å². The van der Waals surface area contributed by atoms with Gasteiger partial charge in [-0.1, -0.05) is 54.1 Å². The van der Waals surface area contributed by atoms with Gasteiger partial charge in [0.15, 0.2) is 0 Å². The Morgan fingerprint density at radius 2 is 1.52 bits per heavy atom. The number of halogens is 1. The third-order valence-corrected chi connectivity index (χ3v) is 4.72. The van der Waals surface area contributed by atoms with Crippen LogP contribution < -0.4 is 0 Å². The van der Waals surface area contributed by atoms with Gasteiger partial charge in [0, 0.05) is 44.0 Å². The van der Waals surface area contributed by atoms with Gasteiger partial charge >= 0.3 is 0 Å². The van der Waals surface area contributed by atoms with Crippen molar-refractivity contribution in [3.63, 3.8) is 0 Å². The molecule has 4 nitrogen and oxygen atoms in total. The van der Waals surface area contributed by atoms with Crippen LogP contribution in [0, 0.1) is 0 Å². The molecule has 5 heteroatoms. The fraction of sp³-hybridized carbons (Fsp3) is 0.364. The molecule has 0 spiro atoms. The highest BCUT2D eigenvalue weighted by atomic mass is 35.5. The Hall–Kier alpha value is -2.33. The van der Waals surface area contributed by atoms with Crippen LogP contribution in [0.3, 0.4) is 0 Å². The maximum atomic E-state index is 12.8. The summed E-state index contributed by atoms with van der Waals surface area (Å²) in [6.07, 6.45) is 0.304. The molecular weight excluding hydrogens is 360 g/mol. The molecule has 0 bridgehead atoms. The summed E-state index contributed by atoms with van der Waals surface area (Å²) in [4.78, 5) is 28.3. The molecule has 2 amide bonds. The van der Waals surface area contributed by atoms with E-state index in [0.29, 0.717) is 31.1 Å². The van der Waals surface area contributed by atoms with E-state index in [1.165, 1.54) is 6.92 Å². The molecule has 0 N–H and O–H groups in total. The first-order chi connectivity index (χ1) is 12.9. The van der Waals surface area contributed by atoms with E-state index < -0.39 is 0 Å². The van der Waals surface area contributed by atoms with E-state index >= 15 is 0 Å². The summed E-state index contributed by atoms with van der Waals surface area (Å²) in [5.41, 5.74) is 2.09. The quantitative estimate of drug-likeness (QED) is 0.669. The molecule has 0 aliphatic carbocycles. The fourth-order valence-electron chi connectivity index (χ4n) is 2.87. The van der Waals surface area contributed by atoms with Gasteiger partial charge in [0.25, 0.3) is 0 Å². The lowest BCUT2D eigenvalue weighted by Gasteiger charge is -2.28. The molecule has 0 saturated heterocycles. The lowest BCUT2D eigenvalue weighted by molar-refractivity contribution is -0.135. The van der Waals surface area contributed by atoms with Gasteiger partial charge in [-0.05, 0) is 37.1 Å². The Labute approximate surface area is 166 Å². The second-order valence-corrected chi connectivity index (χ2v) is 7.35. The minimum absolute atomic E-state index is 0.0445. The Kier molecular flexibility index (Phi) is 7.86. The highest BCUT2D eigenvalue weighted by Crippen LogP contribution is 2.14. The van der Waals surface area contributed by atoms with Crippen molar-refractivity contribution in [2.45, 2.75) is 46.3 Å². The lowest BCUT2D eigenvalue weighted by atomic mass is 10.1. The minimum Gasteiger partial charge on any atom is -0.338 e. The number of amides is 2. The first-order valence-electron chi connectivity index (χ1n) is 9.20. The number of nitrogens with zero attached hydrogens (tertiary/aromatic N) is 2. The zero-order valence-corrected chi connectivity index (χ0v) is 16.9. The van der Waals surface area contributed by atoms with E-state index in [1.54, 1.807) is 17.0 Å². The second-order valence-electron chi connectivity index (χ2n) is 6.92. The Balaban J connectivity index is 1.98. The molecule has 0 saturated carbocycles. The van der Waals surface area contributed by atoms with Crippen molar-refractivity contribution >= 4 is 23.4 Å². The van der Waals surface area contributed by atoms with Gasteiger partial charge in [0.2, 0.25) is 11.8 Å². The second kappa shape index (κ2) is 10.1. The van der Waals surface area contributed by atoms with E-state index in [2.05, 4.69) is 0 Å². The summed E-state index contributed by atoms with van der Waals surface area (Å²) in [7, 11) is 0. The predicted octanol–water partition coefficient (Wildman–Crippen LogP) is 4.52. The highest BCUT2D eigenvalue weighted by molar-refractivity contribution is 6.30. The van der Waals surface area contributed by atoms with E-state index in [-0.39, 0.29) is 17.9 Å². The van der Waals surface area contributed by atoms with E-state index in [1.807, 2.05) is 61.2 Å². The van der Waals surface area contributed by atoms with Gasteiger partial charge in [-0.2, -0.15) is 0 Å². The summed E-state index contributed by atoms with van der Waals surface area (Å²) in [6, 6.07) is 17.5. The SMILES string of the molecule is CC(=O)N(CCC(=O)N(Cc1ccccc1)C(C)C)Cc1ccc(Cl)cc1. The molecule has 0 aliphatic rings. The zero-order chi connectivity index (χ0) is 19.8. The Morgan fingerprint density at radius 3 is 2.07 bits per heavy atom. The third-order valence-electron chi connectivity index (χ3n) is 4.47. The van der Waals surface area contributed by atoms with Crippen molar-refractivity contribution in [1.29, 1.82) is 0 Å². The van der Waals surface area contributed by atoms with Gasteiger partial charge in [-0.15, -0.1) is 0 Å². The molecule has 0 aromatic heterocycles. The van der Waals surface area contributed by atoms with Crippen molar-refractivity contribution in [1.82, 2.24) is 9.80 Å². The van der Waals surface area contributed by atoms with Crippen molar-refractivity contribution in [2.75, 3.05) is 6.54 Å². The van der Waals surface area contributed by atoms with Gasteiger partial charge in [0.05, 0.1) is 0 Å². The van der Waals surface area contributed by atoms with Crippen LogP contribution in [-0.2, 0) is 22.7 Å². The molecule has 27 heavy (non-hydrogen) atoms. The van der Waals surface area contributed by atoms with Gasteiger partial charge in [-0.3, -0.25) is 9.59 Å². The predicted molar refractivity (Wildman–Crippen MR) is 109 cm³/mol. The van der Waals surface area contributed by atoms with Crippen LogP contribution >= 0.6 is 11.6 Å². The molecule has 0 unspecified atom stereocenters. The Morgan fingerprint density at radius 1 is 0.926 bits per heavy atom. The minimum atomic E-state index is -0.0445. The molecule has 0 heterocycles. The van der Waals surface area contributed by atoms with E-state index in [9.17, 15) is 9.59 Å². The fourth-order valence-corrected chi connectivity index (χ4v) is 3.00. The normalized spacial score (nSPS) is 10.7. The molecule has 2 aromatic rings. The molecule has 0 aliphatic heterocycles. The largest absolute Gasteiger partial charge is 0.338 e. The summed E-state index contributed by atoms with van der Waals surface area (Å²) in [6.45, 7) is 7.00. The lowest BCUT2D eigenvalue weighted by Crippen LogP contribution is -2.39. The number of carbonyl (C=O) groups excluding carboxylic acids is 2. The Bertz CT molecular complexity index is 745. The van der Waals surface area contributed by atoms with Crippen LogP contribution in [-0.4, -0.2) is 34.2 Å². The summed E-state index contributed by atoms with van der Waals surface area (Å²) >= 11 is 5.91. The maximum Gasteiger partial charge on any atom is 0.224 e. The number of benzene rings is 2. The summed E-state index contributed by atoms with van der Waals surface area (Å²) in [5.74, 6) is 0.00751. The average Bonchev–Trinajstić information content (AvgIpc) is 2.64. The van der Waals surface area contributed by atoms with E-state index in [4.69, 9.17) is 11.6 Å². The van der Waals surface area contributed by atoms with Crippen molar-refractivity contribution in [3.05, 3.63) is 70.7 Å². The third kappa shape index (κ3) is 6.72. The van der Waals surface area contributed by atoms with Gasteiger partial charge in [-0.25, -0.2) is 0 Å². The number of hydrogen-bond donors (Lipinski definition) is 0. The summed E-state index contributed by atoms with van der Waals surface area (Å²) < 4.78 is 0. The van der Waals surface area contributed by atoms with Crippen LogP contribution in [0.4, 0.5) is 0 Å².